The molecule has 0 aliphatic rings. The van der Waals surface area contributed by atoms with E-state index in [0.717, 1.165) is 27.6 Å². The lowest BCUT2D eigenvalue weighted by Crippen LogP contribution is -2.15. The lowest BCUT2D eigenvalue weighted by atomic mass is 9.91. The van der Waals surface area contributed by atoms with E-state index < -0.39 is 5.60 Å². The summed E-state index contributed by atoms with van der Waals surface area (Å²) >= 11 is 6.11. The highest BCUT2D eigenvalue weighted by Crippen LogP contribution is 2.33. The Hall–Kier alpha value is -1.90. The van der Waals surface area contributed by atoms with Crippen molar-refractivity contribution in [1.29, 1.82) is 0 Å². The third-order valence-electron chi connectivity index (χ3n) is 3.55. The largest absolute Gasteiger partial charge is 0.386 e. The number of fused-ring (bicyclic) bond motifs is 1. The van der Waals surface area contributed by atoms with Gasteiger partial charge in [-0.3, -0.25) is 4.98 Å². The number of aliphatic hydroxyl groups is 1. The molecule has 0 saturated heterocycles. The molecule has 0 aliphatic heterocycles. The van der Waals surface area contributed by atoms with Crippen molar-refractivity contribution in [2.24, 2.45) is 0 Å². The average Bonchev–Trinajstić information content (AvgIpc) is 2.45. The average molecular weight is 298 g/mol. The second kappa shape index (κ2) is 5.14. The van der Waals surface area contributed by atoms with Crippen LogP contribution in [-0.4, -0.2) is 10.1 Å². The van der Waals surface area contributed by atoms with Gasteiger partial charge in [-0.15, -0.1) is 0 Å². The molecule has 3 rings (SSSR count). The van der Waals surface area contributed by atoms with Crippen LogP contribution in [0.3, 0.4) is 0 Å². The first-order valence-electron chi connectivity index (χ1n) is 6.83. The van der Waals surface area contributed by atoms with Crippen LogP contribution in [-0.2, 0) is 5.60 Å². The van der Waals surface area contributed by atoms with Crippen LogP contribution in [0.15, 0.2) is 54.7 Å². The first kappa shape index (κ1) is 14.1. The van der Waals surface area contributed by atoms with Crippen LogP contribution in [0.2, 0.25) is 5.02 Å². The van der Waals surface area contributed by atoms with Crippen molar-refractivity contribution in [1.82, 2.24) is 4.98 Å². The number of nitrogens with zero attached hydrogens (tertiary/aromatic N) is 1. The summed E-state index contributed by atoms with van der Waals surface area (Å²) in [5.41, 5.74) is 2.84. The summed E-state index contributed by atoms with van der Waals surface area (Å²) in [5, 5.41) is 12.0. The summed E-state index contributed by atoms with van der Waals surface area (Å²) < 4.78 is 0. The van der Waals surface area contributed by atoms with Gasteiger partial charge in [0, 0.05) is 22.2 Å². The van der Waals surface area contributed by atoms with E-state index in [-0.39, 0.29) is 0 Å². The highest BCUT2D eigenvalue weighted by Gasteiger charge is 2.19. The molecule has 3 heteroatoms. The molecular weight excluding hydrogens is 282 g/mol. The van der Waals surface area contributed by atoms with Crippen LogP contribution in [0.5, 0.6) is 0 Å². The van der Waals surface area contributed by atoms with E-state index in [2.05, 4.69) is 4.98 Å². The summed E-state index contributed by atoms with van der Waals surface area (Å²) in [7, 11) is 0. The van der Waals surface area contributed by atoms with Gasteiger partial charge in [-0.05, 0) is 55.3 Å². The van der Waals surface area contributed by atoms with Gasteiger partial charge in [-0.2, -0.15) is 0 Å². The third-order valence-corrected chi connectivity index (χ3v) is 3.78. The van der Waals surface area contributed by atoms with Gasteiger partial charge in [0.15, 0.2) is 0 Å². The van der Waals surface area contributed by atoms with Gasteiger partial charge in [0.05, 0.1) is 11.1 Å². The molecule has 0 saturated carbocycles. The molecule has 1 aromatic heterocycles. The third kappa shape index (κ3) is 2.78. The fraction of sp³-hybridized carbons (Fsp3) is 0.167. The minimum atomic E-state index is -0.905. The highest BCUT2D eigenvalue weighted by molar-refractivity contribution is 6.30. The molecular formula is C18H16ClNO. The lowest BCUT2D eigenvalue weighted by molar-refractivity contribution is 0.0788. The maximum atomic E-state index is 10.3. The van der Waals surface area contributed by atoms with Crippen molar-refractivity contribution in [3.8, 4) is 11.1 Å². The molecule has 0 radical (unpaired) electrons. The maximum Gasteiger partial charge on any atom is 0.0840 e. The topological polar surface area (TPSA) is 33.1 Å². The van der Waals surface area contributed by atoms with Gasteiger partial charge in [-0.25, -0.2) is 0 Å². The summed E-state index contributed by atoms with van der Waals surface area (Å²) in [5.74, 6) is 0. The molecule has 1 heterocycles. The summed E-state index contributed by atoms with van der Waals surface area (Å²) in [4.78, 5) is 4.49. The van der Waals surface area contributed by atoms with Crippen molar-refractivity contribution < 1.29 is 5.11 Å². The van der Waals surface area contributed by atoms with E-state index in [9.17, 15) is 5.11 Å². The van der Waals surface area contributed by atoms with E-state index in [1.165, 1.54) is 0 Å². The van der Waals surface area contributed by atoms with Crippen LogP contribution in [0.25, 0.3) is 22.0 Å². The number of hydrogen-bond donors (Lipinski definition) is 1. The molecule has 0 fully saturated rings. The smallest absolute Gasteiger partial charge is 0.0840 e. The highest BCUT2D eigenvalue weighted by atomic mass is 35.5. The molecule has 21 heavy (non-hydrogen) atoms. The number of pyridine rings is 1. The van der Waals surface area contributed by atoms with Crippen LogP contribution in [0, 0.1) is 0 Å². The Labute approximate surface area is 129 Å². The number of aromatic nitrogens is 1. The Morgan fingerprint density at radius 2 is 1.86 bits per heavy atom. The van der Waals surface area contributed by atoms with Gasteiger partial charge >= 0.3 is 0 Å². The zero-order chi connectivity index (χ0) is 15.0. The lowest BCUT2D eigenvalue weighted by Gasteiger charge is -2.20. The first-order valence-corrected chi connectivity index (χ1v) is 7.20. The normalized spacial score (nSPS) is 11.8. The quantitative estimate of drug-likeness (QED) is 0.738. The zero-order valence-electron chi connectivity index (χ0n) is 12.0. The molecule has 0 unspecified atom stereocenters. The minimum Gasteiger partial charge on any atom is -0.386 e. The van der Waals surface area contributed by atoms with E-state index in [4.69, 9.17) is 11.6 Å². The summed E-state index contributed by atoms with van der Waals surface area (Å²) in [6.45, 7) is 3.57. The number of hydrogen-bond acceptors (Lipinski definition) is 2. The second-order valence-electron chi connectivity index (χ2n) is 5.67. The van der Waals surface area contributed by atoms with Gasteiger partial charge < -0.3 is 5.11 Å². The molecule has 0 aliphatic carbocycles. The fourth-order valence-corrected chi connectivity index (χ4v) is 2.61. The van der Waals surface area contributed by atoms with Crippen molar-refractivity contribution in [2.45, 2.75) is 19.4 Å². The van der Waals surface area contributed by atoms with Crippen LogP contribution >= 0.6 is 11.6 Å². The van der Waals surface area contributed by atoms with Gasteiger partial charge in [0.25, 0.3) is 0 Å². The molecule has 1 N–H and O–H groups in total. The molecule has 2 aromatic carbocycles. The molecule has 2 nitrogen and oxygen atoms in total. The predicted octanol–water partition coefficient (Wildman–Crippen LogP) is 4.78. The number of rotatable bonds is 2. The molecule has 106 valence electrons. The fourth-order valence-electron chi connectivity index (χ4n) is 2.42. The van der Waals surface area contributed by atoms with Crippen LogP contribution in [0.1, 0.15) is 19.4 Å². The molecule has 0 atom stereocenters. The standard InChI is InChI=1S/C18H16ClNO/c1-18(2,21)14-9-13-6-4-8-20-17(13)16(11-14)12-5-3-7-15(19)10-12/h3-11,21H,1-2H3. The van der Waals surface area contributed by atoms with Crippen molar-refractivity contribution in [3.63, 3.8) is 0 Å². The maximum absolute atomic E-state index is 10.3. The molecule has 0 spiro atoms. The van der Waals surface area contributed by atoms with Crippen molar-refractivity contribution in [2.75, 3.05) is 0 Å². The first-order chi connectivity index (χ1) is 9.95. The van der Waals surface area contributed by atoms with Gasteiger partial charge in [0.1, 0.15) is 0 Å². The zero-order valence-corrected chi connectivity index (χ0v) is 12.7. The van der Waals surface area contributed by atoms with E-state index in [1.54, 1.807) is 20.0 Å². The summed E-state index contributed by atoms with van der Waals surface area (Å²) in [6.07, 6.45) is 1.78. The summed E-state index contributed by atoms with van der Waals surface area (Å²) in [6, 6.07) is 15.6. The monoisotopic (exact) mass is 297 g/mol. The number of benzene rings is 2. The van der Waals surface area contributed by atoms with Crippen molar-refractivity contribution >= 4 is 22.5 Å². The Morgan fingerprint density at radius 1 is 1.05 bits per heavy atom. The van der Waals surface area contributed by atoms with Gasteiger partial charge in [-0.1, -0.05) is 29.8 Å². The van der Waals surface area contributed by atoms with E-state index >= 15 is 0 Å². The Balaban J connectivity index is 2.34. The van der Waals surface area contributed by atoms with Crippen LogP contribution < -0.4 is 0 Å². The Bertz CT molecular complexity index is 806. The number of halogens is 1. The van der Waals surface area contributed by atoms with Crippen LogP contribution in [0.4, 0.5) is 0 Å². The molecule has 0 amide bonds. The predicted molar refractivity (Wildman–Crippen MR) is 87.4 cm³/mol. The molecule has 3 aromatic rings. The van der Waals surface area contributed by atoms with Crippen molar-refractivity contribution in [3.05, 3.63) is 65.3 Å². The van der Waals surface area contributed by atoms with Gasteiger partial charge in [0.2, 0.25) is 0 Å². The second-order valence-corrected chi connectivity index (χ2v) is 6.10. The SMILES string of the molecule is CC(C)(O)c1cc(-c2cccc(Cl)c2)c2ncccc2c1. The van der Waals surface area contributed by atoms with E-state index in [0.29, 0.717) is 5.02 Å². The van der Waals surface area contributed by atoms with E-state index in [1.807, 2.05) is 48.5 Å². The Morgan fingerprint density at radius 3 is 2.57 bits per heavy atom. The minimum absolute atomic E-state index is 0.685. The Kier molecular flexibility index (Phi) is 3.44. The molecule has 0 bridgehead atoms.